The van der Waals surface area contributed by atoms with Crippen molar-refractivity contribution >= 4 is 0 Å². The molecule has 2 aliphatic rings. The zero-order chi connectivity index (χ0) is 19.0. The minimum atomic E-state index is -0.536. The van der Waals surface area contributed by atoms with Crippen molar-refractivity contribution in [3.05, 3.63) is 47.2 Å². The van der Waals surface area contributed by atoms with Crippen LogP contribution >= 0.6 is 0 Å². The highest BCUT2D eigenvalue weighted by molar-refractivity contribution is 5.29. The van der Waals surface area contributed by atoms with Crippen LogP contribution in [0.25, 0.3) is 0 Å². The van der Waals surface area contributed by atoms with Gasteiger partial charge in [-0.05, 0) is 70.4 Å². The Labute approximate surface area is 161 Å². The van der Waals surface area contributed by atoms with Crippen molar-refractivity contribution < 1.29 is 9.84 Å². The molecule has 2 saturated carbocycles. The molecular weight excluding hydrogens is 338 g/mol. The van der Waals surface area contributed by atoms with Gasteiger partial charge in [-0.15, -0.1) is 0 Å². The van der Waals surface area contributed by atoms with Crippen LogP contribution in [-0.2, 0) is 0 Å². The van der Waals surface area contributed by atoms with Crippen LogP contribution < -0.4 is 4.74 Å². The van der Waals surface area contributed by atoms with Crippen LogP contribution in [0.1, 0.15) is 73.5 Å². The molecule has 2 atom stereocenters. The van der Waals surface area contributed by atoms with Crippen molar-refractivity contribution in [2.45, 2.75) is 70.3 Å². The summed E-state index contributed by atoms with van der Waals surface area (Å²) in [5.74, 6) is 2.85. The van der Waals surface area contributed by atoms with Crippen LogP contribution in [0, 0.1) is 19.8 Å². The van der Waals surface area contributed by atoms with Gasteiger partial charge in [0.05, 0.1) is 12.2 Å². The van der Waals surface area contributed by atoms with E-state index in [0.29, 0.717) is 24.4 Å². The van der Waals surface area contributed by atoms with E-state index in [1.807, 2.05) is 26.2 Å². The van der Waals surface area contributed by atoms with E-state index in [-0.39, 0.29) is 0 Å². The molecule has 0 spiro atoms. The molecule has 2 fully saturated rings. The van der Waals surface area contributed by atoms with Crippen LogP contribution in [0.15, 0.2) is 24.5 Å². The molecule has 0 aromatic carbocycles. The second-order valence-corrected chi connectivity index (χ2v) is 8.62. The van der Waals surface area contributed by atoms with Gasteiger partial charge in [0.25, 0.3) is 0 Å². The molecule has 0 bridgehead atoms. The Kier molecular flexibility index (Phi) is 4.89. The number of aromatic nitrogens is 3. The maximum atomic E-state index is 10.2. The zero-order valence-corrected chi connectivity index (χ0v) is 16.5. The lowest BCUT2D eigenvalue weighted by Gasteiger charge is -2.33. The van der Waals surface area contributed by atoms with Crippen LogP contribution in [0.2, 0.25) is 0 Å². The second kappa shape index (κ2) is 7.19. The summed E-state index contributed by atoms with van der Waals surface area (Å²) in [5, 5.41) is 10.2. The fourth-order valence-electron chi connectivity index (χ4n) is 4.08. The van der Waals surface area contributed by atoms with Gasteiger partial charge in [-0.2, -0.15) is 4.98 Å². The first-order valence-corrected chi connectivity index (χ1v) is 10.0. The highest BCUT2D eigenvalue weighted by Crippen LogP contribution is 2.47. The van der Waals surface area contributed by atoms with E-state index in [2.05, 4.69) is 34.0 Å². The van der Waals surface area contributed by atoms with Gasteiger partial charge in [0.2, 0.25) is 5.88 Å². The number of hydrogen-bond acceptors (Lipinski definition) is 5. The van der Waals surface area contributed by atoms with E-state index in [1.54, 1.807) is 0 Å². The third-order valence-electron chi connectivity index (χ3n) is 6.07. The SMILES string of the molecule is Cc1ccc(C2CC2COc2nc(C)ncc2C2CCC(C)(O)CC2)nc1. The predicted octanol–water partition coefficient (Wildman–Crippen LogP) is 4.08. The van der Waals surface area contributed by atoms with Crippen molar-refractivity contribution in [1.29, 1.82) is 0 Å². The van der Waals surface area contributed by atoms with E-state index < -0.39 is 5.60 Å². The van der Waals surface area contributed by atoms with Crippen LogP contribution in [0.5, 0.6) is 5.88 Å². The van der Waals surface area contributed by atoms with Crippen molar-refractivity contribution in [3.8, 4) is 5.88 Å². The van der Waals surface area contributed by atoms with Crippen molar-refractivity contribution in [3.63, 3.8) is 0 Å². The molecule has 2 aliphatic carbocycles. The molecule has 0 saturated heterocycles. The number of aryl methyl sites for hydroxylation is 2. The number of pyridine rings is 1. The van der Waals surface area contributed by atoms with Crippen molar-refractivity contribution in [2.24, 2.45) is 5.92 Å². The number of nitrogens with zero attached hydrogens (tertiary/aromatic N) is 3. The van der Waals surface area contributed by atoms with E-state index in [0.717, 1.165) is 49.4 Å². The highest BCUT2D eigenvalue weighted by Gasteiger charge is 2.40. The molecule has 2 aromatic heterocycles. The summed E-state index contributed by atoms with van der Waals surface area (Å²) >= 11 is 0. The third kappa shape index (κ3) is 4.29. The molecule has 2 aromatic rings. The lowest BCUT2D eigenvalue weighted by molar-refractivity contribution is 0.0168. The maximum absolute atomic E-state index is 10.2. The topological polar surface area (TPSA) is 68.1 Å². The third-order valence-corrected chi connectivity index (χ3v) is 6.07. The Balaban J connectivity index is 1.40. The Morgan fingerprint density at radius 3 is 2.63 bits per heavy atom. The first-order valence-electron chi connectivity index (χ1n) is 10.0. The molecule has 4 rings (SSSR count). The molecule has 2 unspecified atom stereocenters. The second-order valence-electron chi connectivity index (χ2n) is 8.62. The van der Waals surface area contributed by atoms with Gasteiger partial charge >= 0.3 is 0 Å². The van der Waals surface area contributed by atoms with E-state index in [4.69, 9.17) is 4.74 Å². The molecular formula is C22H29N3O2. The molecule has 2 heterocycles. The van der Waals surface area contributed by atoms with E-state index in [9.17, 15) is 5.11 Å². The maximum Gasteiger partial charge on any atom is 0.220 e. The first kappa shape index (κ1) is 18.4. The largest absolute Gasteiger partial charge is 0.477 e. The first-order chi connectivity index (χ1) is 12.9. The standard InChI is InChI=1S/C22H29N3O2/c1-14-4-5-20(24-11-14)18-10-17(18)13-27-21-19(12-23-15(2)25-21)16-6-8-22(3,26)9-7-16/h4-5,11-12,16-18,26H,6-10,13H2,1-3H3. The molecule has 5 nitrogen and oxygen atoms in total. The molecule has 0 aliphatic heterocycles. The average Bonchev–Trinajstić information content (AvgIpc) is 3.41. The van der Waals surface area contributed by atoms with Gasteiger partial charge in [0.1, 0.15) is 5.82 Å². The van der Waals surface area contributed by atoms with Crippen LogP contribution in [0.4, 0.5) is 0 Å². The fraction of sp³-hybridized carbons (Fsp3) is 0.591. The Morgan fingerprint density at radius 2 is 1.93 bits per heavy atom. The average molecular weight is 367 g/mol. The minimum absolute atomic E-state index is 0.370. The summed E-state index contributed by atoms with van der Waals surface area (Å²) < 4.78 is 6.18. The van der Waals surface area contributed by atoms with Gasteiger partial charge in [-0.25, -0.2) is 4.98 Å². The van der Waals surface area contributed by atoms with E-state index in [1.165, 1.54) is 11.3 Å². The molecule has 27 heavy (non-hydrogen) atoms. The van der Waals surface area contributed by atoms with Gasteiger partial charge in [0.15, 0.2) is 0 Å². The molecule has 144 valence electrons. The normalized spacial score (nSPS) is 30.1. The smallest absolute Gasteiger partial charge is 0.220 e. The Hall–Kier alpha value is -2.01. The summed E-state index contributed by atoms with van der Waals surface area (Å²) in [6, 6.07) is 4.26. The summed E-state index contributed by atoms with van der Waals surface area (Å²) in [6.07, 6.45) is 8.53. The number of rotatable bonds is 5. The fourth-order valence-corrected chi connectivity index (χ4v) is 4.08. The summed E-state index contributed by atoms with van der Waals surface area (Å²) in [4.78, 5) is 13.5. The zero-order valence-electron chi connectivity index (χ0n) is 16.5. The highest BCUT2D eigenvalue weighted by atomic mass is 16.5. The molecule has 5 heteroatoms. The Morgan fingerprint density at radius 1 is 1.15 bits per heavy atom. The number of aliphatic hydroxyl groups is 1. The Bertz CT molecular complexity index is 794. The lowest BCUT2D eigenvalue weighted by atomic mass is 9.77. The molecule has 0 radical (unpaired) electrons. The molecule has 1 N–H and O–H groups in total. The van der Waals surface area contributed by atoms with Gasteiger partial charge in [-0.3, -0.25) is 4.98 Å². The van der Waals surface area contributed by atoms with Crippen LogP contribution in [0.3, 0.4) is 0 Å². The number of ether oxygens (including phenoxy) is 1. The summed E-state index contributed by atoms with van der Waals surface area (Å²) in [7, 11) is 0. The summed E-state index contributed by atoms with van der Waals surface area (Å²) in [6.45, 7) is 6.57. The monoisotopic (exact) mass is 367 g/mol. The van der Waals surface area contributed by atoms with Crippen LogP contribution in [-0.4, -0.2) is 32.3 Å². The summed E-state index contributed by atoms with van der Waals surface area (Å²) in [5.41, 5.74) is 2.93. The molecule has 0 amide bonds. The van der Waals surface area contributed by atoms with Crippen molar-refractivity contribution in [2.75, 3.05) is 6.61 Å². The minimum Gasteiger partial charge on any atom is -0.477 e. The van der Waals surface area contributed by atoms with Gasteiger partial charge in [-0.1, -0.05) is 6.07 Å². The lowest BCUT2D eigenvalue weighted by Crippen LogP contribution is -2.29. The number of hydrogen-bond donors (Lipinski definition) is 1. The van der Waals surface area contributed by atoms with Gasteiger partial charge < -0.3 is 9.84 Å². The predicted molar refractivity (Wildman–Crippen MR) is 104 cm³/mol. The van der Waals surface area contributed by atoms with Gasteiger partial charge in [0, 0.05) is 35.5 Å². The van der Waals surface area contributed by atoms with E-state index >= 15 is 0 Å². The van der Waals surface area contributed by atoms with Crippen molar-refractivity contribution in [1.82, 2.24) is 15.0 Å². The quantitative estimate of drug-likeness (QED) is 0.862.